The molecule has 2 aliphatic rings. The van der Waals surface area contributed by atoms with E-state index in [1.54, 1.807) is 19.0 Å². The summed E-state index contributed by atoms with van der Waals surface area (Å²) in [5.74, 6) is 0.0107. The lowest BCUT2D eigenvalue weighted by molar-refractivity contribution is -0.132. The second-order valence-electron chi connectivity index (χ2n) is 6.77. The van der Waals surface area contributed by atoms with Crippen LogP contribution in [0.15, 0.2) is 70.3 Å². The van der Waals surface area contributed by atoms with Crippen LogP contribution in [-0.4, -0.2) is 35.3 Å². The average molecular weight is 456 g/mol. The number of methoxy groups -OCH3 is 2. The van der Waals surface area contributed by atoms with Crippen LogP contribution in [0.25, 0.3) is 0 Å². The zero-order chi connectivity index (χ0) is 22.2. The van der Waals surface area contributed by atoms with Gasteiger partial charge in [0.05, 0.1) is 19.1 Å². The van der Waals surface area contributed by atoms with Gasteiger partial charge in [0.15, 0.2) is 5.78 Å². The maximum atomic E-state index is 12.5. The summed E-state index contributed by atoms with van der Waals surface area (Å²) in [4.78, 5) is 27.7. The fraction of sp³-hybridized carbons (Fsp3) is 0.227. The quantitative estimate of drug-likeness (QED) is 0.614. The number of allylic oxidation sites excluding steroid dienone is 2. The standard InChI is InChI=1S/C22H21N3O4S2/c1-14-19(15(2)26)30-22(24(14)16-10-6-5-7-11-16)25(23-20(31-22)21(27)29-4)17-12-8-9-13-18(17)28-3/h5-13H,1-4H3. The highest BCUT2D eigenvalue weighted by atomic mass is 32.2. The molecule has 0 bridgehead atoms. The molecular weight excluding hydrogens is 434 g/mol. The number of nitrogens with zero attached hydrogens (tertiary/aromatic N) is 3. The predicted molar refractivity (Wildman–Crippen MR) is 125 cm³/mol. The monoisotopic (exact) mass is 455 g/mol. The Labute approximate surface area is 189 Å². The van der Waals surface area contributed by atoms with Gasteiger partial charge in [0.2, 0.25) is 9.37 Å². The summed E-state index contributed by atoms with van der Waals surface area (Å²) in [5, 5.41) is 6.56. The third-order valence-corrected chi connectivity index (χ3v) is 7.85. The second-order valence-corrected chi connectivity index (χ2v) is 9.37. The van der Waals surface area contributed by atoms with E-state index in [1.807, 2.05) is 66.4 Å². The summed E-state index contributed by atoms with van der Waals surface area (Å²) in [7, 11) is 2.91. The van der Waals surface area contributed by atoms with Crippen molar-refractivity contribution in [3.05, 3.63) is 65.2 Å². The molecule has 0 N–H and O–H groups in total. The van der Waals surface area contributed by atoms with Gasteiger partial charge in [-0.15, -0.1) is 0 Å². The smallest absolute Gasteiger partial charge is 0.365 e. The number of hydrogen-bond acceptors (Lipinski definition) is 9. The highest BCUT2D eigenvalue weighted by Crippen LogP contribution is 2.60. The highest BCUT2D eigenvalue weighted by molar-refractivity contribution is 8.29. The topological polar surface area (TPSA) is 71.4 Å². The molecule has 2 aliphatic heterocycles. The lowest BCUT2D eigenvalue weighted by Crippen LogP contribution is -2.49. The second kappa shape index (κ2) is 8.32. The fourth-order valence-corrected chi connectivity index (χ4v) is 6.52. The van der Waals surface area contributed by atoms with Gasteiger partial charge in [-0.1, -0.05) is 42.1 Å². The molecule has 1 atom stereocenters. The molecule has 160 valence electrons. The number of hydrazone groups is 1. The van der Waals surface area contributed by atoms with Gasteiger partial charge in [-0.25, -0.2) is 9.80 Å². The van der Waals surface area contributed by atoms with Crippen molar-refractivity contribution in [1.29, 1.82) is 0 Å². The molecule has 9 heteroatoms. The van der Waals surface area contributed by atoms with Crippen LogP contribution in [-0.2, 0) is 14.3 Å². The van der Waals surface area contributed by atoms with Gasteiger partial charge in [0.25, 0.3) is 0 Å². The average Bonchev–Trinajstić information content (AvgIpc) is 3.31. The molecule has 0 amide bonds. The van der Waals surface area contributed by atoms with Crippen LogP contribution in [0, 0.1) is 0 Å². The Bertz CT molecular complexity index is 1100. The summed E-state index contributed by atoms with van der Waals surface area (Å²) in [6.07, 6.45) is 0. The van der Waals surface area contributed by atoms with Crippen molar-refractivity contribution >= 4 is 51.7 Å². The maximum absolute atomic E-state index is 12.5. The van der Waals surface area contributed by atoms with E-state index in [0.717, 1.165) is 11.4 Å². The van der Waals surface area contributed by atoms with Gasteiger partial charge in [0, 0.05) is 11.4 Å². The number of ketones is 1. The number of thioether (sulfide) groups is 2. The number of carbonyl (C=O) groups excluding carboxylic acids is 2. The summed E-state index contributed by atoms with van der Waals surface area (Å²) in [6.45, 7) is 3.45. The molecule has 0 aliphatic carbocycles. The van der Waals surface area contributed by atoms with E-state index < -0.39 is 10.3 Å². The molecule has 1 unspecified atom stereocenters. The summed E-state index contributed by atoms with van der Waals surface area (Å²) in [5.41, 5.74) is 2.33. The van der Waals surface area contributed by atoms with E-state index in [-0.39, 0.29) is 10.8 Å². The van der Waals surface area contributed by atoms with Crippen LogP contribution < -0.4 is 14.6 Å². The van der Waals surface area contributed by atoms with Gasteiger partial charge in [-0.05, 0) is 49.9 Å². The SMILES string of the molecule is COC(=O)C1=NN(c2ccccc2OC)C2(S1)SC(C(C)=O)=C(C)N2c1ccccc1. The number of carbonyl (C=O) groups is 2. The zero-order valence-corrected chi connectivity index (χ0v) is 19.1. The Morgan fingerprint density at radius 2 is 1.68 bits per heavy atom. The van der Waals surface area contributed by atoms with Crippen molar-refractivity contribution in [3.63, 3.8) is 0 Å². The molecule has 0 radical (unpaired) electrons. The van der Waals surface area contributed by atoms with E-state index in [2.05, 4.69) is 5.10 Å². The normalized spacial score (nSPS) is 20.3. The molecule has 4 rings (SSSR count). The van der Waals surface area contributed by atoms with Gasteiger partial charge in [0.1, 0.15) is 11.4 Å². The molecule has 31 heavy (non-hydrogen) atoms. The summed E-state index contributed by atoms with van der Waals surface area (Å²) < 4.78 is 9.56. The van der Waals surface area contributed by atoms with Gasteiger partial charge >= 0.3 is 5.97 Å². The number of anilines is 2. The van der Waals surface area contributed by atoms with Crippen molar-refractivity contribution in [2.24, 2.45) is 5.10 Å². The first-order valence-electron chi connectivity index (χ1n) is 9.48. The maximum Gasteiger partial charge on any atom is 0.365 e. The van der Waals surface area contributed by atoms with Crippen LogP contribution in [0.5, 0.6) is 5.75 Å². The lowest BCUT2D eigenvalue weighted by Gasteiger charge is -2.41. The Kier molecular flexibility index (Phi) is 5.72. The van der Waals surface area contributed by atoms with Crippen LogP contribution in [0.1, 0.15) is 13.8 Å². The van der Waals surface area contributed by atoms with Crippen LogP contribution >= 0.6 is 23.5 Å². The van der Waals surface area contributed by atoms with Crippen molar-refractivity contribution in [3.8, 4) is 5.75 Å². The molecule has 0 saturated heterocycles. The van der Waals surface area contributed by atoms with Crippen LogP contribution in [0.4, 0.5) is 11.4 Å². The minimum absolute atomic E-state index is 0.0487. The molecular formula is C22H21N3O4S2. The highest BCUT2D eigenvalue weighted by Gasteiger charge is 2.58. The molecule has 0 aromatic heterocycles. The van der Waals surface area contributed by atoms with Crippen molar-refractivity contribution in [1.82, 2.24) is 0 Å². The van der Waals surface area contributed by atoms with Crippen molar-refractivity contribution < 1.29 is 19.1 Å². The van der Waals surface area contributed by atoms with Gasteiger partial charge in [-0.2, -0.15) is 5.10 Å². The zero-order valence-electron chi connectivity index (χ0n) is 17.5. The van der Waals surface area contributed by atoms with Crippen LogP contribution in [0.2, 0.25) is 0 Å². The van der Waals surface area contributed by atoms with E-state index in [4.69, 9.17) is 9.47 Å². The van der Waals surface area contributed by atoms with Crippen molar-refractivity contribution in [2.45, 2.75) is 18.2 Å². The molecule has 1 spiro atoms. The first-order chi connectivity index (χ1) is 14.9. The number of Topliss-reactive ketones (excluding diaryl/α,β-unsaturated/α-hetero) is 1. The Hall–Kier alpha value is -2.91. The first-order valence-corrected chi connectivity index (χ1v) is 11.1. The van der Waals surface area contributed by atoms with E-state index in [9.17, 15) is 9.59 Å². The fourth-order valence-electron chi connectivity index (χ4n) is 3.56. The molecule has 2 aromatic rings. The minimum Gasteiger partial charge on any atom is -0.495 e. The van der Waals surface area contributed by atoms with Crippen molar-refractivity contribution in [2.75, 3.05) is 24.1 Å². The van der Waals surface area contributed by atoms with E-state index in [1.165, 1.54) is 30.6 Å². The predicted octanol–water partition coefficient (Wildman–Crippen LogP) is 4.42. The largest absolute Gasteiger partial charge is 0.495 e. The molecule has 2 aromatic carbocycles. The Morgan fingerprint density at radius 1 is 1.00 bits per heavy atom. The molecule has 2 heterocycles. The molecule has 0 saturated carbocycles. The third-order valence-electron chi connectivity index (χ3n) is 4.88. The van der Waals surface area contributed by atoms with E-state index in [0.29, 0.717) is 16.3 Å². The summed E-state index contributed by atoms with van der Waals surface area (Å²) >= 11 is 2.60. The lowest BCUT2D eigenvalue weighted by atomic mass is 10.2. The number of esters is 1. The van der Waals surface area contributed by atoms with Crippen LogP contribution in [0.3, 0.4) is 0 Å². The number of hydrogen-bond donors (Lipinski definition) is 0. The number of rotatable bonds is 5. The minimum atomic E-state index is -0.982. The summed E-state index contributed by atoms with van der Waals surface area (Å²) in [6, 6.07) is 17.2. The number of benzene rings is 2. The Morgan fingerprint density at radius 3 is 2.32 bits per heavy atom. The third kappa shape index (κ3) is 3.47. The number of ether oxygens (including phenoxy) is 2. The molecule has 0 fully saturated rings. The van der Waals surface area contributed by atoms with Gasteiger partial charge < -0.3 is 14.4 Å². The van der Waals surface area contributed by atoms with E-state index >= 15 is 0 Å². The molecule has 7 nitrogen and oxygen atoms in total. The van der Waals surface area contributed by atoms with Gasteiger partial charge in [-0.3, -0.25) is 4.79 Å². The first kappa shape index (κ1) is 21.3. The number of para-hydroxylation sites is 3. The Balaban J connectivity index is 1.94.